The fourth-order valence-corrected chi connectivity index (χ4v) is 4.68. The molecule has 0 atom stereocenters. The van der Waals surface area contributed by atoms with Gasteiger partial charge < -0.3 is 19.4 Å². The number of piperazine rings is 1. The van der Waals surface area contributed by atoms with Crippen LogP contribution in [-0.4, -0.2) is 79.0 Å². The Bertz CT molecular complexity index is 1130. The summed E-state index contributed by atoms with van der Waals surface area (Å²) in [7, 11) is 3.94. The molecule has 1 aliphatic heterocycles. The monoisotopic (exact) mass is 469 g/mol. The number of benzene rings is 1. The van der Waals surface area contributed by atoms with Gasteiger partial charge in [-0.1, -0.05) is 24.3 Å². The van der Waals surface area contributed by atoms with Crippen LogP contribution in [0.15, 0.2) is 41.8 Å². The highest BCUT2D eigenvalue weighted by Crippen LogP contribution is 2.42. The van der Waals surface area contributed by atoms with E-state index in [9.17, 15) is 14.9 Å². The lowest BCUT2D eigenvalue weighted by atomic mass is 10.1. The Balaban J connectivity index is 1.62. The fraction of sp³-hybridized carbons (Fsp3) is 0.391. The Morgan fingerprint density at radius 2 is 1.94 bits per heavy atom. The quantitative estimate of drug-likeness (QED) is 0.283. The van der Waals surface area contributed by atoms with Crippen molar-refractivity contribution in [2.24, 2.45) is 0 Å². The number of ether oxygens (including phenoxy) is 1. The van der Waals surface area contributed by atoms with E-state index >= 15 is 0 Å². The van der Waals surface area contributed by atoms with Gasteiger partial charge in [-0.3, -0.25) is 14.9 Å². The average molecular weight is 470 g/mol. The fourth-order valence-electron chi connectivity index (χ4n) is 3.99. The van der Waals surface area contributed by atoms with Gasteiger partial charge in [0.25, 0.3) is 11.8 Å². The molecular formula is C23H27N5O4S. The summed E-state index contributed by atoms with van der Waals surface area (Å²) in [6.07, 6.45) is 0.734. The minimum Gasteiger partial charge on any atom is -0.473 e. The second-order valence-corrected chi connectivity index (χ2v) is 9.10. The van der Waals surface area contributed by atoms with Gasteiger partial charge in [-0.2, -0.15) is 0 Å². The number of fused-ring (bicyclic) bond motifs is 1. The van der Waals surface area contributed by atoms with Gasteiger partial charge in [0, 0.05) is 38.1 Å². The van der Waals surface area contributed by atoms with Crippen molar-refractivity contribution >= 4 is 39.5 Å². The SMILES string of the molecule is CN(C)CCCOc1nc2ccccc2c(N2CCN(C(=O)c3cccs3)CC2)c1[N+](=O)[O-]. The number of pyridine rings is 1. The molecule has 3 heterocycles. The number of nitrogens with zero attached hydrogens (tertiary/aromatic N) is 5. The molecule has 0 radical (unpaired) electrons. The van der Waals surface area contributed by atoms with Gasteiger partial charge in [0.2, 0.25) is 0 Å². The van der Waals surface area contributed by atoms with E-state index in [0.717, 1.165) is 13.0 Å². The number of carbonyl (C=O) groups is 1. The minimum absolute atomic E-state index is 0.00338. The van der Waals surface area contributed by atoms with Gasteiger partial charge in [-0.25, -0.2) is 4.98 Å². The zero-order valence-corrected chi connectivity index (χ0v) is 19.6. The molecule has 1 aromatic carbocycles. The van der Waals surface area contributed by atoms with Crippen LogP contribution in [0.1, 0.15) is 16.1 Å². The van der Waals surface area contributed by atoms with Gasteiger partial charge in [0.1, 0.15) is 5.69 Å². The molecule has 1 saturated heterocycles. The van der Waals surface area contributed by atoms with Gasteiger partial charge in [-0.15, -0.1) is 11.3 Å². The molecule has 33 heavy (non-hydrogen) atoms. The molecule has 0 bridgehead atoms. The third kappa shape index (κ3) is 5.07. The number of rotatable bonds is 8. The van der Waals surface area contributed by atoms with Crippen molar-refractivity contribution in [1.82, 2.24) is 14.8 Å². The zero-order chi connectivity index (χ0) is 23.4. The number of carbonyl (C=O) groups excluding carboxylic acids is 1. The molecule has 4 rings (SSSR count). The van der Waals surface area contributed by atoms with Gasteiger partial charge >= 0.3 is 5.69 Å². The standard InChI is InChI=1S/C23H27N5O4S/c1-25(2)10-6-15-32-22-21(28(30)31)20(17-7-3-4-8-18(17)24-22)26-11-13-27(14-12-26)23(29)19-9-5-16-33-19/h3-5,7-9,16H,6,10-15H2,1-2H3. The molecule has 3 aromatic rings. The van der Waals surface area contributed by atoms with E-state index in [2.05, 4.69) is 4.98 Å². The summed E-state index contributed by atoms with van der Waals surface area (Å²) in [5.41, 5.74) is 1.05. The maximum Gasteiger partial charge on any atom is 0.354 e. The minimum atomic E-state index is -0.404. The Morgan fingerprint density at radius 3 is 2.61 bits per heavy atom. The highest BCUT2D eigenvalue weighted by atomic mass is 32.1. The van der Waals surface area contributed by atoms with Crippen molar-refractivity contribution < 1.29 is 14.5 Å². The molecule has 0 unspecified atom stereocenters. The van der Waals surface area contributed by atoms with Crippen LogP contribution in [0.2, 0.25) is 0 Å². The number of nitro groups is 1. The number of amides is 1. The molecule has 0 spiro atoms. The summed E-state index contributed by atoms with van der Waals surface area (Å²) in [6, 6.07) is 11.1. The third-order valence-electron chi connectivity index (χ3n) is 5.59. The highest BCUT2D eigenvalue weighted by molar-refractivity contribution is 7.12. The van der Waals surface area contributed by atoms with Gasteiger partial charge in [-0.05, 0) is 38.0 Å². The van der Waals surface area contributed by atoms with Crippen molar-refractivity contribution in [3.63, 3.8) is 0 Å². The lowest BCUT2D eigenvalue weighted by Gasteiger charge is -2.36. The first kappa shape index (κ1) is 22.9. The zero-order valence-electron chi connectivity index (χ0n) is 18.8. The van der Waals surface area contributed by atoms with E-state index in [1.165, 1.54) is 11.3 Å². The first-order valence-electron chi connectivity index (χ1n) is 10.9. The maximum atomic E-state index is 12.7. The molecule has 0 saturated carbocycles. The normalized spacial score (nSPS) is 14.2. The first-order valence-corrected chi connectivity index (χ1v) is 11.8. The summed E-state index contributed by atoms with van der Waals surface area (Å²) in [5, 5.41) is 14.8. The molecule has 0 aliphatic carbocycles. The molecule has 1 aliphatic rings. The largest absolute Gasteiger partial charge is 0.473 e. The summed E-state index contributed by atoms with van der Waals surface area (Å²) in [4.78, 5) is 35.5. The van der Waals surface area contributed by atoms with E-state index in [1.807, 2.05) is 65.7 Å². The molecule has 1 fully saturated rings. The molecule has 9 nitrogen and oxygen atoms in total. The second kappa shape index (κ2) is 10.1. The Labute approximate surface area is 196 Å². The number of para-hydroxylation sites is 1. The smallest absolute Gasteiger partial charge is 0.354 e. The predicted octanol–water partition coefficient (Wildman–Crippen LogP) is 3.50. The molecular weight excluding hydrogens is 442 g/mol. The van der Waals surface area contributed by atoms with E-state index in [-0.39, 0.29) is 17.5 Å². The van der Waals surface area contributed by atoms with Crippen LogP contribution >= 0.6 is 11.3 Å². The number of aromatic nitrogens is 1. The number of hydrogen-bond acceptors (Lipinski definition) is 8. The predicted molar refractivity (Wildman–Crippen MR) is 129 cm³/mol. The van der Waals surface area contributed by atoms with Crippen molar-refractivity contribution in [2.75, 3.05) is 58.3 Å². The van der Waals surface area contributed by atoms with Crippen LogP contribution in [-0.2, 0) is 0 Å². The van der Waals surface area contributed by atoms with Crippen molar-refractivity contribution in [3.8, 4) is 5.88 Å². The lowest BCUT2D eigenvalue weighted by molar-refractivity contribution is -0.385. The van der Waals surface area contributed by atoms with Gasteiger partial charge in [0.05, 0.1) is 21.9 Å². The molecule has 2 aromatic heterocycles. The lowest BCUT2D eigenvalue weighted by Crippen LogP contribution is -2.48. The Morgan fingerprint density at radius 1 is 1.18 bits per heavy atom. The average Bonchev–Trinajstić information content (AvgIpc) is 3.35. The van der Waals surface area contributed by atoms with Crippen LogP contribution in [0.25, 0.3) is 10.9 Å². The third-order valence-corrected chi connectivity index (χ3v) is 6.45. The van der Waals surface area contributed by atoms with Crippen molar-refractivity contribution in [2.45, 2.75) is 6.42 Å². The maximum absolute atomic E-state index is 12.7. The number of hydrogen-bond donors (Lipinski definition) is 0. The topological polar surface area (TPSA) is 92.1 Å². The molecule has 0 N–H and O–H groups in total. The van der Waals surface area contributed by atoms with E-state index in [0.29, 0.717) is 54.3 Å². The van der Waals surface area contributed by atoms with Crippen molar-refractivity contribution in [3.05, 3.63) is 56.8 Å². The number of thiophene rings is 1. The molecule has 1 amide bonds. The van der Waals surface area contributed by atoms with Crippen LogP contribution in [0.5, 0.6) is 5.88 Å². The summed E-state index contributed by atoms with van der Waals surface area (Å²) in [5.74, 6) is 0.0493. The molecule has 10 heteroatoms. The molecule has 174 valence electrons. The highest BCUT2D eigenvalue weighted by Gasteiger charge is 2.32. The number of anilines is 1. The van der Waals surface area contributed by atoms with Crippen molar-refractivity contribution in [1.29, 1.82) is 0 Å². The Hall–Kier alpha value is -3.24. The summed E-state index contributed by atoms with van der Waals surface area (Å²) < 4.78 is 5.83. The van der Waals surface area contributed by atoms with Gasteiger partial charge in [0.15, 0.2) is 0 Å². The first-order chi connectivity index (χ1) is 16.0. The van der Waals surface area contributed by atoms with Crippen LogP contribution in [0.3, 0.4) is 0 Å². The van der Waals surface area contributed by atoms with Crippen LogP contribution in [0.4, 0.5) is 11.4 Å². The van der Waals surface area contributed by atoms with E-state index < -0.39 is 4.92 Å². The van der Waals surface area contributed by atoms with E-state index in [4.69, 9.17) is 4.74 Å². The van der Waals surface area contributed by atoms with Crippen LogP contribution in [0, 0.1) is 10.1 Å². The van der Waals surface area contributed by atoms with Crippen LogP contribution < -0.4 is 9.64 Å². The Kier molecular flexibility index (Phi) is 7.05. The summed E-state index contributed by atoms with van der Waals surface area (Å²) >= 11 is 1.42. The summed E-state index contributed by atoms with van der Waals surface area (Å²) in [6.45, 7) is 3.12. The second-order valence-electron chi connectivity index (χ2n) is 8.15. The van der Waals surface area contributed by atoms with E-state index in [1.54, 1.807) is 4.90 Å².